The van der Waals surface area contributed by atoms with E-state index in [0.29, 0.717) is 5.56 Å². The van der Waals surface area contributed by atoms with Crippen LogP contribution in [0.4, 0.5) is 4.39 Å². The Hall–Kier alpha value is -0.930. The summed E-state index contributed by atoms with van der Waals surface area (Å²) in [4.78, 5) is 0. The van der Waals surface area contributed by atoms with E-state index < -0.39 is 6.10 Å². The van der Waals surface area contributed by atoms with Crippen LogP contribution in [0.3, 0.4) is 0 Å². The van der Waals surface area contributed by atoms with Gasteiger partial charge in [-0.15, -0.1) is 0 Å². The second kappa shape index (κ2) is 5.41. The minimum absolute atomic E-state index is 0.0595. The number of rotatable bonds is 2. The molecule has 0 aliphatic carbocycles. The van der Waals surface area contributed by atoms with Crippen LogP contribution in [0.1, 0.15) is 37.4 Å². The van der Waals surface area contributed by atoms with E-state index >= 15 is 0 Å². The van der Waals surface area contributed by atoms with Gasteiger partial charge in [0.25, 0.3) is 0 Å². The van der Waals surface area contributed by atoms with Gasteiger partial charge in [0, 0.05) is 6.04 Å². The maximum absolute atomic E-state index is 13.0. The normalized spacial score (nSPS) is 23.8. The first-order valence-electron chi connectivity index (χ1n) is 5.94. The molecule has 0 amide bonds. The molecule has 2 atom stereocenters. The molecule has 1 saturated heterocycles. The topological polar surface area (TPSA) is 32.3 Å². The summed E-state index contributed by atoms with van der Waals surface area (Å²) < 4.78 is 13.0. The fourth-order valence-electron chi connectivity index (χ4n) is 2.25. The molecule has 16 heavy (non-hydrogen) atoms. The molecule has 2 unspecified atom stereocenters. The standard InChI is InChI=1S/C13H18FNO/c14-11-6-4-5-10(9-11)13(16)12-7-2-1-3-8-15-12/h4-6,9,12-13,15-16H,1-3,7-8H2. The van der Waals surface area contributed by atoms with Crippen molar-refractivity contribution in [3.63, 3.8) is 0 Å². The van der Waals surface area contributed by atoms with E-state index in [1.165, 1.54) is 18.6 Å². The van der Waals surface area contributed by atoms with E-state index in [9.17, 15) is 9.50 Å². The number of hydrogen-bond acceptors (Lipinski definition) is 2. The summed E-state index contributed by atoms with van der Waals surface area (Å²) in [7, 11) is 0. The number of nitrogens with one attached hydrogen (secondary N) is 1. The van der Waals surface area contributed by atoms with Gasteiger partial charge in [-0.25, -0.2) is 4.39 Å². The molecule has 0 bridgehead atoms. The molecule has 2 nitrogen and oxygen atoms in total. The fraction of sp³-hybridized carbons (Fsp3) is 0.538. The Morgan fingerprint density at radius 3 is 3.00 bits per heavy atom. The highest BCUT2D eigenvalue weighted by Gasteiger charge is 2.21. The summed E-state index contributed by atoms with van der Waals surface area (Å²) in [6, 6.07) is 6.29. The predicted octanol–water partition coefficient (Wildman–Crippen LogP) is 2.39. The molecule has 1 aliphatic heterocycles. The van der Waals surface area contributed by atoms with Crippen LogP contribution in [0.2, 0.25) is 0 Å². The van der Waals surface area contributed by atoms with Crippen LogP contribution in [0.15, 0.2) is 24.3 Å². The zero-order valence-electron chi connectivity index (χ0n) is 9.32. The highest BCUT2D eigenvalue weighted by molar-refractivity contribution is 5.20. The SMILES string of the molecule is OC(c1cccc(F)c1)C1CCCCCN1. The predicted molar refractivity (Wildman–Crippen MR) is 61.6 cm³/mol. The minimum Gasteiger partial charge on any atom is -0.387 e. The molecule has 0 radical (unpaired) electrons. The molecule has 1 aliphatic rings. The van der Waals surface area contributed by atoms with Gasteiger partial charge in [0.05, 0.1) is 6.10 Å². The van der Waals surface area contributed by atoms with Crippen molar-refractivity contribution in [1.29, 1.82) is 0 Å². The third-order valence-corrected chi connectivity index (χ3v) is 3.17. The van der Waals surface area contributed by atoms with Crippen LogP contribution < -0.4 is 5.32 Å². The first kappa shape index (κ1) is 11.6. The van der Waals surface area contributed by atoms with Crippen molar-refractivity contribution in [1.82, 2.24) is 5.32 Å². The molecule has 3 heteroatoms. The highest BCUT2D eigenvalue weighted by atomic mass is 19.1. The van der Waals surface area contributed by atoms with E-state index in [2.05, 4.69) is 5.32 Å². The van der Waals surface area contributed by atoms with Crippen molar-refractivity contribution in [2.45, 2.75) is 37.8 Å². The number of halogens is 1. The quantitative estimate of drug-likeness (QED) is 0.807. The number of aliphatic hydroxyl groups excluding tert-OH is 1. The lowest BCUT2D eigenvalue weighted by atomic mass is 9.98. The van der Waals surface area contributed by atoms with Gasteiger partial charge >= 0.3 is 0 Å². The first-order valence-corrected chi connectivity index (χ1v) is 5.94. The van der Waals surface area contributed by atoms with Crippen LogP contribution in [0, 0.1) is 5.82 Å². The largest absolute Gasteiger partial charge is 0.387 e. The lowest BCUT2D eigenvalue weighted by Crippen LogP contribution is -2.34. The van der Waals surface area contributed by atoms with Crippen LogP contribution in [0.25, 0.3) is 0 Å². The van der Waals surface area contributed by atoms with Crippen LogP contribution >= 0.6 is 0 Å². The average molecular weight is 223 g/mol. The van der Waals surface area contributed by atoms with Crippen molar-refractivity contribution >= 4 is 0 Å². The molecular weight excluding hydrogens is 205 g/mol. The van der Waals surface area contributed by atoms with Gasteiger partial charge in [0.1, 0.15) is 5.82 Å². The van der Waals surface area contributed by atoms with Gasteiger partial charge in [-0.1, -0.05) is 25.0 Å². The van der Waals surface area contributed by atoms with Gasteiger partial charge in [0.15, 0.2) is 0 Å². The van der Waals surface area contributed by atoms with E-state index in [0.717, 1.165) is 25.8 Å². The Bertz CT molecular complexity index is 334. The molecule has 0 saturated carbocycles. The maximum Gasteiger partial charge on any atom is 0.123 e. The van der Waals surface area contributed by atoms with Crippen molar-refractivity contribution in [2.75, 3.05) is 6.54 Å². The summed E-state index contributed by atoms with van der Waals surface area (Å²) in [6.07, 6.45) is 3.85. The van der Waals surface area contributed by atoms with Crippen molar-refractivity contribution < 1.29 is 9.50 Å². The summed E-state index contributed by atoms with van der Waals surface area (Å²) in [5.41, 5.74) is 0.666. The monoisotopic (exact) mass is 223 g/mol. The fourth-order valence-corrected chi connectivity index (χ4v) is 2.25. The maximum atomic E-state index is 13.0. The van der Waals surface area contributed by atoms with Crippen LogP contribution in [0.5, 0.6) is 0 Å². The van der Waals surface area contributed by atoms with Crippen LogP contribution in [-0.2, 0) is 0 Å². The van der Waals surface area contributed by atoms with E-state index in [1.54, 1.807) is 12.1 Å². The Morgan fingerprint density at radius 2 is 2.19 bits per heavy atom. The van der Waals surface area contributed by atoms with E-state index in [4.69, 9.17) is 0 Å². The molecular formula is C13H18FNO. The van der Waals surface area contributed by atoms with Gasteiger partial charge in [-0.3, -0.25) is 0 Å². The third-order valence-electron chi connectivity index (χ3n) is 3.17. The van der Waals surface area contributed by atoms with Gasteiger partial charge in [-0.2, -0.15) is 0 Å². The molecule has 1 heterocycles. The van der Waals surface area contributed by atoms with Crippen LogP contribution in [-0.4, -0.2) is 17.7 Å². The first-order chi connectivity index (χ1) is 7.77. The van der Waals surface area contributed by atoms with Crippen molar-refractivity contribution in [2.24, 2.45) is 0 Å². The molecule has 0 spiro atoms. The Balaban J connectivity index is 2.07. The molecule has 88 valence electrons. The molecule has 2 N–H and O–H groups in total. The summed E-state index contributed by atoms with van der Waals surface area (Å²) in [5.74, 6) is -0.287. The zero-order chi connectivity index (χ0) is 11.4. The zero-order valence-corrected chi connectivity index (χ0v) is 9.32. The molecule has 1 fully saturated rings. The second-order valence-electron chi connectivity index (χ2n) is 4.41. The Kier molecular flexibility index (Phi) is 3.91. The molecule has 2 rings (SSSR count). The van der Waals surface area contributed by atoms with E-state index in [1.807, 2.05) is 0 Å². The highest BCUT2D eigenvalue weighted by Crippen LogP contribution is 2.23. The number of benzene rings is 1. The smallest absolute Gasteiger partial charge is 0.123 e. The second-order valence-corrected chi connectivity index (χ2v) is 4.41. The van der Waals surface area contributed by atoms with Gasteiger partial charge in [0.2, 0.25) is 0 Å². The average Bonchev–Trinajstić information content (AvgIpc) is 2.56. The molecule has 1 aromatic carbocycles. The Labute approximate surface area is 95.5 Å². The van der Waals surface area contributed by atoms with Crippen molar-refractivity contribution in [3.8, 4) is 0 Å². The lowest BCUT2D eigenvalue weighted by molar-refractivity contribution is 0.126. The van der Waals surface area contributed by atoms with Gasteiger partial charge < -0.3 is 10.4 Å². The van der Waals surface area contributed by atoms with Gasteiger partial charge in [-0.05, 0) is 37.1 Å². The third kappa shape index (κ3) is 2.80. The Morgan fingerprint density at radius 1 is 1.31 bits per heavy atom. The number of hydrogen-bond donors (Lipinski definition) is 2. The summed E-state index contributed by atoms with van der Waals surface area (Å²) >= 11 is 0. The molecule has 1 aromatic rings. The summed E-state index contributed by atoms with van der Waals surface area (Å²) in [6.45, 7) is 0.942. The lowest BCUT2D eigenvalue weighted by Gasteiger charge is -2.22. The number of aliphatic hydroxyl groups is 1. The summed E-state index contributed by atoms with van der Waals surface area (Å²) in [5, 5.41) is 13.5. The van der Waals surface area contributed by atoms with E-state index in [-0.39, 0.29) is 11.9 Å². The molecule has 0 aromatic heterocycles. The minimum atomic E-state index is -0.603. The van der Waals surface area contributed by atoms with Crippen molar-refractivity contribution in [3.05, 3.63) is 35.6 Å².